The number of hydrogen-bond acceptors (Lipinski definition) is 4. The predicted octanol–water partition coefficient (Wildman–Crippen LogP) is 1.55. The van der Waals surface area contributed by atoms with Crippen molar-refractivity contribution in [1.29, 1.82) is 0 Å². The fraction of sp³-hybridized carbons (Fsp3) is 0.500. The lowest BCUT2D eigenvalue weighted by atomic mass is 10.4. The van der Waals surface area contributed by atoms with Crippen molar-refractivity contribution in [2.45, 2.75) is 26.9 Å². The van der Waals surface area contributed by atoms with E-state index in [2.05, 4.69) is 20.4 Å². The molecule has 0 bridgehead atoms. The first-order chi connectivity index (χ1) is 10.4. The van der Waals surface area contributed by atoms with Gasteiger partial charge in [-0.3, -0.25) is 14.2 Å². The molecule has 8 heteroatoms. The van der Waals surface area contributed by atoms with Gasteiger partial charge in [0, 0.05) is 12.7 Å². The van der Waals surface area contributed by atoms with E-state index < -0.39 is 0 Å². The van der Waals surface area contributed by atoms with Gasteiger partial charge in [0.05, 0.1) is 34.8 Å². The van der Waals surface area contributed by atoms with Crippen LogP contribution in [0.15, 0.2) is 12.4 Å². The molecule has 120 valence electrons. The van der Waals surface area contributed by atoms with Crippen LogP contribution in [0.2, 0.25) is 5.02 Å². The Balaban J connectivity index is 1.93. The molecule has 1 N–H and O–H groups in total. The van der Waals surface area contributed by atoms with Crippen LogP contribution in [0.3, 0.4) is 0 Å². The summed E-state index contributed by atoms with van der Waals surface area (Å²) < 4.78 is 3.40. The summed E-state index contributed by atoms with van der Waals surface area (Å²) in [6.07, 6.45) is 3.46. The van der Waals surface area contributed by atoms with Gasteiger partial charge in [0.15, 0.2) is 0 Å². The van der Waals surface area contributed by atoms with Crippen LogP contribution < -0.4 is 5.32 Å². The molecule has 0 atom stereocenters. The molecule has 2 aromatic rings. The van der Waals surface area contributed by atoms with Crippen LogP contribution in [0, 0.1) is 13.8 Å². The first kappa shape index (κ1) is 16.5. The van der Waals surface area contributed by atoms with E-state index in [4.69, 9.17) is 11.6 Å². The average molecular weight is 325 g/mol. The third-order valence-corrected chi connectivity index (χ3v) is 3.83. The summed E-state index contributed by atoms with van der Waals surface area (Å²) in [7, 11) is 4.01. The third-order valence-electron chi connectivity index (χ3n) is 3.28. The summed E-state index contributed by atoms with van der Waals surface area (Å²) in [6, 6.07) is 0. The zero-order valence-corrected chi connectivity index (χ0v) is 14.1. The van der Waals surface area contributed by atoms with Crippen LogP contribution in [-0.2, 0) is 17.9 Å². The van der Waals surface area contributed by atoms with Gasteiger partial charge in [0.25, 0.3) is 0 Å². The Bertz CT molecular complexity index is 660. The summed E-state index contributed by atoms with van der Waals surface area (Å²) in [4.78, 5) is 14.1. The van der Waals surface area contributed by atoms with Crippen LogP contribution >= 0.6 is 11.6 Å². The SMILES string of the molecule is Cc1nn(CC(=O)Nc2cnn(CCN(C)C)c2)c(C)c1Cl. The molecule has 7 nitrogen and oxygen atoms in total. The molecule has 2 rings (SSSR count). The van der Waals surface area contributed by atoms with Crippen molar-refractivity contribution in [2.24, 2.45) is 0 Å². The predicted molar refractivity (Wildman–Crippen MR) is 86.1 cm³/mol. The minimum absolute atomic E-state index is 0.127. The van der Waals surface area contributed by atoms with Crippen LogP contribution in [0.4, 0.5) is 5.69 Å². The molecule has 0 aromatic carbocycles. The Hall–Kier alpha value is -1.86. The van der Waals surface area contributed by atoms with Crippen molar-refractivity contribution in [3.05, 3.63) is 28.8 Å². The molecule has 2 aromatic heterocycles. The van der Waals surface area contributed by atoms with Crippen molar-refractivity contribution < 1.29 is 4.79 Å². The van der Waals surface area contributed by atoms with Gasteiger partial charge in [0.1, 0.15) is 6.54 Å². The standard InChI is InChI=1S/C14H21ClN6O/c1-10-14(15)11(2)21(18-10)9-13(22)17-12-7-16-20(8-12)6-5-19(3)4/h7-8H,5-6,9H2,1-4H3,(H,17,22). The summed E-state index contributed by atoms with van der Waals surface area (Å²) in [5.41, 5.74) is 2.19. The zero-order valence-electron chi connectivity index (χ0n) is 13.3. The number of likely N-dealkylation sites (N-methyl/N-ethyl adjacent to an activating group) is 1. The molecule has 0 radical (unpaired) electrons. The summed E-state index contributed by atoms with van der Waals surface area (Å²) in [5, 5.41) is 11.9. The number of anilines is 1. The van der Waals surface area contributed by atoms with Crippen molar-refractivity contribution in [3.63, 3.8) is 0 Å². The van der Waals surface area contributed by atoms with E-state index >= 15 is 0 Å². The number of amides is 1. The van der Waals surface area contributed by atoms with Crippen molar-refractivity contribution in [2.75, 3.05) is 26.0 Å². The molecule has 0 aliphatic carbocycles. The highest BCUT2D eigenvalue weighted by Crippen LogP contribution is 2.18. The molecule has 2 heterocycles. The second kappa shape index (κ2) is 6.93. The second-order valence-electron chi connectivity index (χ2n) is 5.49. The van der Waals surface area contributed by atoms with Crippen molar-refractivity contribution in [1.82, 2.24) is 24.5 Å². The summed E-state index contributed by atoms with van der Waals surface area (Å²) in [5.74, 6) is -0.158. The molecule has 1 amide bonds. The average Bonchev–Trinajstić information content (AvgIpc) is 2.98. The third kappa shape index (κ3) is 4.08. The summed E-state index contributed by atoms with van der Waals surface area (Å²) in [6.45, 7) is 5.45. The summed E-state index contributed by atoms with van der Waals surface area (Å²) >= 11 is 6.07. The monoisotopic (exact) mass is 324 g/mol. The van der Waals surface area contributed by atoms with E-state index in [9.17, 15) is 4.79 Å². The molecule has 0 unspecified atom stereocenters. The number of nitrogens with one attached hydrogen (secondary N) is 1. The van der Waals surface area contributed by atoms with Crippen molar-refractivity contribution >= 4 is 23.2 Å². The van der Waals surface area contributed by atoms with Crippen LogP contribution in [0.25, 0.3) is 0 Å². The Morgan fingerprint density at radius 3 is 2.73 bits per heavy atom. The van der Waals surface area contributed by atoms with Gasteiger partial charge in [-0.15, -0.1) is 0 Å². The number of aryl methyl sites for hydroxylation is 1. The molecule has 0 fully saturated rings. The van der Waals surface area contributed by atoms with E-state index in [0.29, 0.717) is 10.7 Å². The maximum Gasteiger partial charge on any atom is 0.246 e. The maximum atomic E-state index is 12.1. The molecular formula is C14H21ClN6O. The highest BCUT2D eigenvalue weighted by molar-refractivity contribution is 6.31. The first-order valence-electron chi connectivity index (χ1n) is 7.03. The Labute approximate surface area is 134 Å². The Morgan fingerprint density at radius 2 is 2.14 bits per heavy atom. The topological polar surface area (TPSA) is 68.0 Å². The number of rotatable bonds is 6. The Morgan fingerprint density at radius 1 is 1.41 bits per heavy atom. The van der Waals surface area contributed by atoms with E-state index in [0.717, 1.165) is 24.5 Å². The Kier molecular flexibility index (Phi) is 5.20. The van der Waals surface area contributed by atoms with Gasteiger partial charge < -0.3 is 10.2 Å². The number of aromatic nitrogens is 4. The van der Waals surface area contributed by atoms with Crippen molar-refractivity contribution in [3.8, 4) is 0 Å². The highest BCUT2D eigenvalue weighted by atomic mass is 35.5. The van der Waals surface area contributed by atoms with Crippen LogP contribution in [0.5, 0.6) is 0 Å². The lowest BCUT2D eigenvalue weighted by molar-refractivity contribution is -0.116. The van der Waals surface area contributed by atoms with Gasteiger partial charge in [0.2, 0.25) is 5.91 Å². The fourth-order valence-electron chi connectivity index (χ4n) is 2.02. The smallest absolute Gasteiger partial charge is 0.246 e. The molecule has 0 spiro atoms. The highest BCUT2D eigenvalue weighted by Gasteiger charge is 2.12. The normalized spacial score (nSPS) is 11.2. The van der Waals surface area contributed by atoms with Gasteiger partial charge in [-0.05, 0) is 27.9 Å². The minimum atomic E-state index is -0.158. The zero-order chi connectivity index (χ0) is 16.3. The lowest BCUT2D eigenvalue weighted by Crippen LogP contribution is -2.20. The quantitative estimate of drug-likeness (QED) is 0.875. The minimum Gasteiger partial charge on any atom is -0.322 e. The van der Waals surface area contributed by atoms with E-state index in [1.165, 1.54) is 0 Å². The van der Waals surface area contributed by atoms with Crippen LogP contribution in [-0.4, -0.2) is 51.0 Å². The van der Waals surface area contributed by atoms with Gasteiger partial charge in [-0.1, -0.05) is 11.6 Å². The number of carbonyl (C=O) groups excluding carboxylic acids is 1. The second-order valence-corrected chi connectivity index (χ2v) is 5.86. The van der Waals surface area contributed by atoms with E-state index in [1.807, 2.05) is 34.1 Å². The van der Waals surface area contributed by atoms with Gasteiger partial charge in [-0.25, -0.2) is 0 Å². The number of carbonyl (C=O) groups is 1. The maximum absolute atomic E-state index is 12.1. The van der Waals surface area contributed by atoms with Gasteiger partial charge in [-0.2, -0.15) is 10.2 Å². The molecule has 0 aliphatic rings. The molecule has 0 aliphatic heterocycles. The lowest BCUT2D eigenvalue weighted by Gasteiger charge is -2.08. The molecular weight excluding hydrogens is 304 g/mol. The number of halogens is 1. The molecule has 22 heavy (non-hydrogen) atoms. The largest absolute Gasteiger partial charge is 0.322 e. The van der Waals surface area contributed by atoms with Gasteiger partial charge >= 0.3 is 0 Å². The van der Waals surface area contributed by atoms with Crippen LogP contribution in [0.1, 0.15) is 11.4 Å². The fourth-order valence-corrected chi connectivity index (χ4v) is 2.15. The van der Waals surface area contributed by atoms with E-state index in [-0.39, 0.29) is 12.5 Å². The number of nitrogens with zero attached hydrogens (tertiary/aromatic N) is 5. The van der Waals surface area contributed by atoms with E-state index in [1.54, 1.807) is 15.6 Å². The number of hydrogen-bond donors (Lipinski definition) is 1. The first-order valence-corrected chi connectivity index (χ1v) is 7.41. The molecule has 0 saturated heterocycles. The molecule has 0 saturated carbocycles.